The van der Waals surface area contributed by atoms with Gasteiger partial charge in [0, 0.05) is 5.56 Å². The number of sulfone groups is 1. The maximum absolute atomic E-state index is 14.7. The van der Waals surface area contributed by atoms with Crippen molar-refractivity contribution in [3.05, 3.63) is 147 Å². The molecule has 3 nitrogen and oxygen atoms in total. The highest BCUT2D eigenvalue weighted by atomic mass is 32.2. The first-order valence-electron chi connectivity index (χ1n) is 12.9. The lowest BCUT2D eigenvalue weighted by Crippen LogP contribution is -2.32. The van der Waals surface area contributed by atoms with Gasteiger partial charge in [0.1, 0.15) is 5.60 Å². The summed E-state index contributed by atoms with van der Waals surface area (Å²) in [7, 11) is -3.91. The Morgan fingerprint density at radius 2 is 1.19 bits per heavy atom. The summed E-state index contributed by atoms with van der Waals surface area (Å²) in [6, 6.07) is 35.3. The predicted octanol–water partition coefficient (Wildman–Crippen LogP) is 7.44. The molecule has 2 aliphatic heterocycles. The Balaban J connectivity index is 1.77. The van der Waals surface area contributed by atoms with E-state index in [4.69, 9.17) is 4.74 Å². The molecule has 0 N–H and O–H groups in total. The van der Waals surface area contributed by atoms with Crippen LogP contribution in [0.1, 0.15) is 54.0 Å². The molecular formula is C33H30O3S. The summed E-state index contributed by atoms with van der Waals surface area (Å²) >= 11 is 0. The van der Waals surface area contributed by atoms with E-state index in [0.717, 1.165) is 46.2 Å². The highest BCUT2D eigenvalue weighted by molar-refractivity contribution is 7.95. The molecule has 0 aromatic heterocycles. The average molecular weight is 507 g/mol. The van der Waals surface area contributed by atoms with Gasteiger partial charge >= 0.3 is 0 Å². The van der Waals surface area contributed by atoms with Crippen LogP contribution in [0.3, 0.4) is 0 Å². The van der Waals surface area contributed by atoms with Gasteiger partial charge < -0.3 is 4.74 Å². The number of hydrogen-bond acceptors (Lipinski definition) is 3. The fourth-order valence-electron chi connectivity index (χ4n) is 6.11. The molecule has 0 amide bonds. The van der Waals surface area contributed by atoms with Crippen LogP contribution in [0.2, 0.25) is 0 Å². The second-order valence-electron chi connectivity index (χ2n) is 9.97. The summed E-state index contributed by atoms with van der Waals surface area (Å²) in [5.41, 5.74) is 3.37. The van der Waals surface area contributed by atoms with Crippen molar-refractivity contribution in [3.8, 4) is 0 Å². The van der Waals surface area contributed by atoms with E-state index in [9.17, 15) is 8.42 Å². The molecule has 4 heteroatoms. The standard InChI is InChI=1S/C33H30O3S/c1-3-4-17-30-31(37(34,35)27-22-20-24(2)21-23-27)33(26-15-9-6-10-16-26)29-19-12-11-18-28(29)32(30,36-33)25-13-7-5-8-14-25/h5-16,18-23H,3-4,17H2,1-2H3/t32-,33+/m0/s1. The molecule has 0 spiro atoms. The van der Waals surface area contributed by atoms with Crippen molar-refractivity contribution >= 4 is 9.84 Å². The van der Waals surface area contributed by atoms with Crippen LogP contribution >= 0.6 is 0 Å². The van der Waals surface area contributed by atoms with Crippen molar-refractivity contribution in [1.82, 2.24) is 0 Å². The third-order valence-electron chi connectivity index (χ3n) is 7.75. The normalized spacial score (nSPS) is 22.3. The Labute approximate surface area is 219 Å². The number of fused-ring (bicyclic) bond motifs is 5. The van der Waals surface area contributed by atoms with Gasteiger partial charge in [-0.05, 0) is 54.2 Å². The maximum atomic E-state index is 14.7. The highest BCUT2D eigenvalue weighted by Gasteiger charge is 2.67. The van der Waals surface area contributed by atoms with E-state index in [1.807, 2.05) is 85.8 Å². The molecule has 6 rings (SSSR count). The SMILES string of the molecule is CCCCC1=C(S(=O)(=O)c2ccc(C)cc2)[C@]2(c3ccccc3)O[C@@]1(c1ccccc1)c1ccccc12. The van der Waals surface area contributed by atoms with Crippen molar-refractivity contribution in [3.63, 3.8) is 0 Å². The second-order valence-corrected chi connectivity index (χ2v) is 11.9. The lowest BCUT2D eigenvalue weighted by Gasteiger charge is -2.32. The number of aryl methyl sites for hydroxylation is 1. The van der Waals surface area contributed by atoms with Crippen LogP contribution in [0, 0.1) is 6.92 Å². The lowest BCUT2D eigenvalue weighted by atomic mass is 9.71. The van der Waals surface area contributed by atoms with Gasteiger partial charge in [-0.2, -0.15) is 0 Å². The first kappa shape index (κ1) is 23.9. The minimum atomic E-state index is -3.91. The number of ether oxygens (including phenoxy) is 1. The molecule has 0 unspecified atom stereocenters. The second kappa shape index (κ2) is 8.83. The van der Waals surface area contributed by atoms with Crippen LogP contribution in [0.4, 0.5) is 0 Å². The van der Waals surface area contributed by atoms with Crippen molar-refractivity contribution in [2.24, 2.45) is 0 Å². The molecule has 0 radical (unpaired) electrons. The Morgan fingerprint density at radius 3 is 1.76 bits per heavy atom. The molecule has 37 heavy (non-hydrogen) atoms. The third kappa shape index (κ3) is 3.32. The number of unbranched alkanes of at least 4 members (excludes halogenated alkanes) is 1. The van der Waals surface area contributed by atoms with Crippen LogP contribution in [0.25, 0.3) is 0 Å². The van der Waals surface area contributed by atoms with Crippen LogP contribution in [-0.4, -0.2) is 8.42 Å². The monoisotopic (exact) mass is 506 g/mol. The Bertz CT molecular complexity index is 1590. The summed E-state index contributed by atoms with van der Waals surface area (Å²) in [4.78, 5) is 0.681. The smallest absolute Gasteiger partial charge is 0.206 e. The molecule has 2 atom stereocenters. The zero-order valence-corrected chi connectivity index (χ0v) is 22.0. The third-order valence-corrected chi connectivity index (χ3v) is 9.72. The fraction of sp³-hybridized carbons (Fsp3) is 0.212. The molecule has 0 aliphatic carbocycles. The van der Waals surface area contributed by atoms with Gasteiger partial charge in [-0.25, -0.2) is 8.42 Å². The summed E-state index contributed by atoms with van der Waals surface area (Å²) in [6.45, 7) is 4.11. The van der Waals surface area contributed by atoms with Crippen LogP contribution in [-0.2, 0) is 25.8 Å². The molecule has 2 bridgehead atoms. The summed E-state index contributed by atoms with van der Waals surface area (Å²) < 4.78 is 36.8. The van der Waals surface area contributed by atoms with Gasteiger partial charge in [-0.3, -0.25) is 0 Å². The van der Waals surface area contributed by atoms with E-state index in [0.29, 0.717) is 16.2 Å². The van der Waals surface area contributed by atoms with Crippen molar-refractivity contribution < 1.29 is 13.2 Å². The molecule has 4 aromatic rings. The molecule has 4 aromatic carbocycles. The average Bonchev–Trinajstić information content (AvgIpc) is 3.43. The predicted molar refractivity (Wildman–Crippen MR) is 147 cm³/mol. The van der Waals surface area contributed by atoms with Crippen LogP contribution in [0.15, 0.2) is 125 Å². The first-order chi connectivity index (χ1) is 18.0. The number of rotatable bonds is 7. The molecule has 0 saturated carbocycles. The van der Waals surface area contributed by atoms with Gasteiger partial charge in [-0.1, -0.05) is 116 Å². The van der Waals surface area contributed by atoms with E-state index in [-0.39, 0.29) is 0 Å². The summed E-state index contributed by atoms with van der Waals surface area (Å²) in [6.07, 6.45) is 2.45. The Hall–Kier alpha value is -3.47. The van der Waals surface area contributed by atoms with E-state index >= 15 is 0 Å². The van der Waals surface area contributed by atoms with Gasteiger partial charge in [0.25, 0.3) is 0 Å². The zero-order valence-electron chi connectivity index (χ0n) is 21.1. The van der Waals surface area contributed by atoms with Crippen LogP contribution in [0.5, 0.6) is 0 Å². The number of benzene rings is 4. The minimum absolute atomic E-state index is 0.300. The first-order valence-corrected chi connectivity index (χ1v) is 14.4. The van der Waals surface area contributed by atoms with Gasteiger partial charge in [0.05, 0.1) is 9.80 Å². The topological polar surface area (TPSA) is 43.4 Å². The largest absolute Gasteiger partial charge is 0.340 e. The van der Waals surface area contributed by atoms with E-state index < -0.39 is 21.0 Å². The lowest BCUT2D eigenvalue weighted by molar-refractivity contribution is -0.0309. The molecule has 0 fully saturated rings. The number of hydrogen-bond donors (Lipinski definition) is 0. The highest BCUT2D eigenvalue weighted by Crippen LogP contribution is 2.68. The Kier molecular flexibility index (Phi) is 5.70. The van der Waals surface area contributed by atoms with Crippen LogP contribution < -0.4 is 0 Å². The molecule has 2 heterocycles. The maximum Gasteiger partial charge on any atom is 0.206 e. The van der Waals surface area contributed by atoms with Gasteiger partial charge in [0.2, 0.25) is 9.84 Å². The fourth-order valence-corrected chi connectivity index (χ4v) is 8.06. The van der Waals surface area contributed by atoms with Gasteiger partial charge in [0.15, 0.2) is 5.60 Å². The van der Waals surface area contributed by atoms with Gasteiger partial charge in [-0.15, -0.1) is 0 Å². The molecule has 186 valence electrons. The summed E-state index contributed by atoms with van der Waals surface area (Å²) in [5.74, 6) is 0. The quantitative estimate of drug-likeness (QED) is 0.262. The van der Waals surface area contributed by atoms with E-state index in [2.05, 4.69) is 25.1 Å². The van der Waals surface area contributed by atoms with Crippen molar-refractivity contribution in [2.75, 3.05) is 0 Å². The van der Waals surface area contributed by atoms with Crippen molar-refractivity contribution in [1.29, 1.82) is 0 Å². The Morgan fingerprint density at radius 1 is 0.676 bits per heavy atom. The minimum Gasteiger partial charge on any atom is -0.340 e. The molecular weight excluding hydrogens is 476 g/mol. The molecule has 0 saturated heterocycles. The molecule has 2 aliphatic rings. The zero-order chi connectivity index (χ0) is 25.7. The van der Waals surface area contributed by atoms with E-state index in [1.54, 1.807) is 12.1 Å². The summed E-state index contributed by atoms with van der Waals surface area (Å²) in [5, 5.41) is 0. The van der Waals surface area contributed by atoms with Crippen molar-refractivity contribution in [2.45, 2.75) is 49.2 Å². The van der Waals surface area contributed by atoms with E-state index in [1.165, 1.54) is 0 Å².